The van der Waals surface area contributed by atoms with Crippen LogP contribution in [0.3, 0.4) is 0 Å². The van der Waals surface area contributed by atoms with Gasteiger partial charge in [-0.2, -0.15) is 13.2 Å². The van der Waals surface area contributed by atoms with Gasteiger partial charge in [0.2, 0.25) is 0 Å². The van der Waals surface area contributed by atoms with E-state index < -0.39 is 29.7 Å². The fraction of sp³-hybridized carbons (Fsp3) is 0.192. The molecule has 2 aromatic carbocycles. The van der Waals surface area contributed by atoms with Crippen LogP contribution in [0.5, 0.6) is 0 Å². The number of hydrogen-bond acceptors (Lipinski definition) is 3. The van der Waals surface area contributed by atoms with E-state index in [4.69, 9.17) is 9.15 Å². The predicted octanol–water partition coefficient (Wildman–Crippen LogP) is 4.49. The Morgan fingerprint density at radius 2 is 1.82 bits per heavy atom. The number of alkyl halides is 3. The van der Waals surface area contributed by atoms with Gasteiger partial charge in [-0.15, -0.1) is 0 Å². The van der Waals surface area contributed by atoms with Crippen LogP contribution in [0.25, 0.3) is 33.1 Å². The molecule has 1 aliphatic carbocycles. The number of para-hydroxylation sites is 1. The number of benzene rings is 2. The number of carbonyl (C=O) groups excluding carboxylic acids is 1. The van der Waals surface area contributed by atoms with Crippen LogP contribution in [0.2, 0.25) is 0 Å². The van der Waals surface area contributed by atoms with E-state index in [1.807, 2.05) is 42.7 Å². The van der Waals surface area contributed by atoms with Crippen LogP contribution in [0, 0.1) is 19.8 Å². The van der Waals surface area contributed by atoms with Crippen LogP contribution >= 0.6 is 0 Å². The molecule has 2 aliphatic rings. The second-order valence-corrected chi connectivity index (χ2v) is 8.53. The minimum absolute atomic E-state index is 0.308. The summed E-state index contributed by atoms with van der Waals surface area (Å²) in [7, 11) is 0. The van der Waals surface area contributed by atoms with Gasteiger partial charge in [-0.25, -0.2) is 4.79 Å². The molecule has 2 aromatic heterocycles. The molecule has 6 rings (SSSR count). The topological polar surface area (TPSA) is 44.4 Å². The molecule has 33 heavy (non-hydrogen) atoms. The minimum Gasteiger partial charge on any atom is -0.464 e. The van der Waals surface area contributed by atoms with Crippen molar-refractivity contribution in [3.05, 3.63) is 82.6 Å². The molecule has 1 aliphatic heterocycles. The van der Waals surface area contributed by atoms with Gasteiger partial charge in [-0.3, -0.25) is 0 Å². The third-order valence-electron chi connectivity index (χ3n) is 6.44. The van der Waals surface area contributed by atoms with Gasteiger partial charge in [0.25, 0.3) is 0 Å². The summed E-state index contributed by atoms with van der Waals surface area (Å²) in [5.41, 5.74) is 3.18. The maximum absolute atomic E-state index is 14.2. The number of esters is 1. The van der Waals surface area contributed by atoms with Crippen molar-refractivity contribution in [2.24, 2.45) is 5.92 Å². The first-order valence-corrected chi connectivity index (χ1v) is 10.5. The predicted molar refractivity (Wildman–Crippen MR) is 118 cm³/mol. The number of hydrogen-bond donors (Lipinski definition) is 0. The van der Waals surface area contributed by atoms with E-state index >= 15 is 0 Å². The fourth-order valence-corrected chi connectivity index (χ4v) is 5.31. The Morgan fingerprint density at radius 3 is 2.61 bits per heavy atom. The molecule has 0 bridgehead atoms. The molecule has 0 spiro atoms. The van der Waals surface area contributed by atoms with Crippen molar-refractivity contribution in [1.82, 2.24) is 4.57 Å². The molecule has 0 N–H and O–H groups in total. The second kappa shape index (κ2) is 6.63. The number of fused-ring (bicyclic) bond motifs is 5. The molecule has 166 valence electrons. The van der Waals surface area contributed by atoms with E-state index in [9.17, 15) is 18.0 Å². The van der Waals surface area contributed by atoms with Gasteiger partial charge in [0.15, 0.2) is 0 Å². The molecule has 0 fully saturated rings. The summed E-state index contributed by atoms with van der Waals surface area (Å²) in [4.78, 5) is 12.0. The van der Waals surface area contributed by atoms with Gasteiger partial charge in [0.1, 0.15) is 17.1 Å². The Labute approximate surface area is 185 Å². The zero-order valence-corrected chi connectivity index (χ0v) is 17.7. The number of aryl methyl sites for hydroxylation is 2. The molecule has 0 radical (unpaired) electrons. The van der Waals surface area contributed by atoms with Crippen LogP contribution in [0.1, 0.15) is 11.1 Å². The lowest BCUT2D eigenvalue weighted by Gasteiger charge is -2.34. The molecule has 2 atom stereocenters. The lowest BCUT2D eigenvalue weighted by atomic mass is 9.85. The second-order valence-electron chi connectivity index (χ2n) is 8.53. The monoisotopic (exact) mass is 449 g/mol. The van der Waals surface area contributed by atoms with E-state index in [-0.39, 0.29) is 5.42 Å². The van der Waals surface area contributed by atoms with Crippen LogP contribution in [-0.4, -0.2) is 22.8 Å². The molecule has 2 unspecified atom stereocenters. The van der Waals surface area contributed by atoms with Gasteiger partial charge in [-0.1, -0.05) is 35.9 Å². The number of ether oxygens (including phenoxy) is 1. The fourth-order valence-electron chi connectivity index (χ4n) is 5.31. The molecule has 7 heteroatoms. The average Bonchev–Trinajstić information content (AvgIpc) is 3.34. The van der Waals surface area contributed by atoms with Crippen LogP contribution in [-0.2, 0) is 9.53 Å². The molecular weight excluding hydrogens is 431 g/mol. The van der Waals surface area contributed by atoms with Gasteiger partial charge in [-0.05, 0) is 37.6 Å². The highest BCUT2D eigenvalue weighted by atomic mass is 19.4. The SMILES string of the molecule is Cc1cc(C)c2c(c1)c1ccccc1n2C1=c2ccoc2=C(C(F)(F)F)C2OC(=O)C=CC12. The smallest absolute Gasteiger partial charge is 0.419 e. The molecular formula is C26H18F3NO3. The Hall–Kier alpha value is -3.74. The Kier molecular flexibility index (Phi) is 4.00. The molecule has 4 nitrogen and oxygen atoms in total. The number of nitrogens with zero attached hydrogens (tertiary/aromatic N) is 1. The normalized spacial score (nSPS) is 20.3. The van der Waals surface area contributed by atoms with Crippen LogP contribution < -0.4 is 10.6 Å². The number of furan rings is 1. The zero-order valence-electron chi connectivity index (χ0n) is 17.7. The summed E-state index contributed by atoms with van der Waals surface area (Å²) in [6.07, 6.45) is -2.29. The van der Waals surface area contributed by atoms with Gasteiger partial charge in [0.05, 0.1) is 23.2 Å². The van der Waals surface area contributed by atoms with Gasteiger partial charge in [0, 0.05) is 27.8 Å². The Bertz CT molecular complexity index is 1630. The molecule has 0 saturated carbocycles. The maximum Gasteiger partial charge on any atom is 0.419 e. The molecule has 0 amide bonds. The highest BCUT2D eigenvalue weighted by Crippen LogP contribution is 2.42. The number of rotatable bonds is 1. The van der Waals surface area contributed by atoms with Crippen molar-refractivity contribution in [3.8, 4) is 0 Å². The number of carbonyl (C=O) groups is 1. The van der Waals surface area contributed by atoms with E-state index in [1.165, 1.54) is 18.4 Å². The summed E-state index contributed by atoms with van der Waals surface area (Å²) in [5, 5.41) is 2.35. The summed E-state index contributed by atoms with van der Waals surface area (Å²) < 4.78 is 55.1. The van der Waals surface area contributed by atoms with Crippen molar-refractivity contribution >= 4 is 39.0 Å². The van der Waals surface area contributed by atoms with E-state index in [0.29, 0.717) is 10.9 Å². The summed E-state index contributed by atoms with van der Waals surface area (Å²) >= 11 is 0. The summed E-state index contributed by atoms with van der Waals surface area (Å²) in [6, 6.07) is 13.5. The molecule has 0 saturated heterocycles. The highest BCUT2D eigenvalue weighted by molar-refractivity contribution is 6.11. The summed E-state index contributed by atoms with van der Waals surface area (Å²) in [6.45, 7) is 4.01. The number of halogens is 3. The lowest BCUT2D eigenvalue weighted by molar-refractivity contribution is -0.145. The largest absolute Gasteiger partial charge is 0.464 e. The maximum atomic E-state index is 14.2. The molecule has 4 aromatic rings. The average molecular weight is 449 g/mol. The standard InChI is InChI=1S/C26H18F3NO3/c1-13-11-14(2)22-18(12-13)15-5-3-4-6-19(15)30(22)23-16-7-8-20(31)33-25(16)21(26(27,28)29)24-17(23)9-10-32-24/h3-12,16,25H,1-2H3. The van der Waals surface area contributed by atoms with Crippen molar-refractivity contribution in [3.63, 3.8) is 0 Å². The Morgan fingerprint density at radius 1 is 1.03 bits per heavy atom. The van der Waals surface area contributed by atoms with E-state index in [2.05, 4.69) is 12.1 Å². The van der Waals surface area contributed by atoms with E-state index in [0.717, 1.165) is 32.9 Å². The third kappa shape index (κ3) is 2.74. The first-order valence-electron chi connectivity index (χ1n) is 10.5. The van der Waals surface area contributed by atoms with Gasteiger partial charge < -0.3 is 13.7 Å². The first kappa shape index (κ1) is 19.9. The van der Waals surface area contributed by atoms with Crippen LogP contribution in [0.4, 0.5) is 13.2 Å². The highest BCUT2D eigenvalue weighted by Gasteiger charge is 2.50. The minimum atomic E-state index is -4.72. The Balaban J connectivity index is 1.86. The van der Waals surface area contributed by atoms with E-state index in [1.54, 1.807) is 6.07 Å². The van der Waals surface area contributed by atoms with Crippen molar-refractivity contribution in [1.29, 1.82) is 0 Å². The van der Waals surface area contributed by atoms with Gasteiger partial charge >= 0.3 is 12.1 Å². The van der Waals surface area contributed by atoms with Crippen molar-refractivity contribution in [2.75, 3.05) is 0 Å². The quantitative estimate of drug-likeness (QED) is 0.403. The zero-order chi connectivity index (χ0) is 23.1. The third-order valence-corrected chi connectivity index (χ3v) is 6.44. The summed E-state index contributed by atoms with van der Waals surface area (Å²) in [5.74, 6) is -1.63. The first-order chi connectivity index (χ1) is 15.8. The lowest BCUT2D eigenvalue weighted by Crippen LogP contribution is -2.48. The molecule has 3 heterocycles. The van der Waals surface area contributed by atoms with Crippen LogP contribution in [0.15, 0.2) is 65.3 Å². The van der Waals surface area contributed by atoms with Crippen molar-refractivity contribution < 1.29 is 27.1 Å². The van der Waals surface area contributed by atoms with Crippen molar-refractivity contribution in [2.45, 2.75) is 26.1 Å². The number of aromatic nitrogens is 1.